The Morgan fingerprint density at radius 2 is 2.15 bits per heavy atom. The monoisotopic (exact) mass is 318 g/mol. The van der Waals surface area contributed by atoms with Crippen LogP contribution in [0.15, 0.2) is 0 Å². The summed E-state index contributed by atoms with van der Waals surface area (Å²) in [6.07, 6.45) is 5.54. The van der Waals surface area contributed by atoms with E-state index in [9.17, 15) is 4.79 Å². The molecule has 20 heavy (non-hydrogen) atoms. The van der Waals surface area contributed by atoms with Crippen molar-refractivity contribution < 1.29 is 9.53 Å². The maximum atomic E-state index is 11.7. The van der Waals surface area contributed by atoms with Crippen LogP contribution in [-0.4, -0.2) is 61.2 Å². The van der Waals surface area contributed by atoms with Gasteiger partial charge in [-0.15, -0.1) is 0 Å². The number of morpholine rings is 1. The zero-order valence-corrected chi connectivity index (χ0v) is 13.8. The van der Waals surface area contributed by atoms with Crippen LogP contribution in [0.5, 0.6) is 0 Å². The van der Waals surface area contributed by atoms with E-state index in [1.165, 1.54) is 25.0 Å². The van der Waals surface area contributed by atoms with Crippen LogP contribution >= 0.6 is 21.6 Å². The Bertz CT molecular complexity index is 280. The lowest BCUT2D eigenvalue weighted by Crippen LogP contribution is -2.41. The third-order valence-corrected chi connectivity index (χ3v) is 6.77. The SMILES string of the molecule is O=C(CCCC[C@H]1CCSS1)NCCN1CCOCC1. The number of unbranched alkanes of at least 4 members (excludes halogenated alkanes) is 1. The summed E-state index contributed by atoms with van der Waals surface area (Å²) in [7, 11) is 4.03. The third kappa shape index (κ3) is 6.70. The van der Waals surface area contributed by atoms with Gasteiger partial charge in [-0.3, -0.25) is 9.69 Å². The number of carbonyl (C=O) groups excluding carboxylic acids is 1. The molecule has 0 spiro atoms. The second-order valence-electron chi connectivity index (χ2n) is 5.38. The van der Waals surface area contributed by atoms with Gasteiger partial charge in [0.15, 0.2) is 0 Å². The molecule has 0 aromatic carbocycles. The smallest absolute Gasteiger partial charge is 0.220 e. The van der Waals surface area contributed by atoms with Crippen molar-refractivity contribution in [1.82, 2.24) is 10.2 Å². The average Bonchev–Trinajstić information content (AvgIpc) is 2.98. The van der Waals surface area contributed by atoms with E-state index in [0.29, 0.717) is 6.42 Å². The van der Waals surface area contributed by atoms with Gasteiger partial charge >= 0.3 is 0 Å². The molecule has 6 heteroatoms. The number of nitrogens with zero attached hydrogens (tertiary/aromatic N) is 1. The van der Waals surface area contributed by atoms with E-state index in [1.807, 2.05) is 21.6 Å². The first kappa shape index (κ1) is 16.5. The summed E-state index contributed by atoms with van der Waals surface area (Å²) < 4.78 is 5.30. The molecule has 1 N–H and O–H groups in total. The Labute approximate surface area is 130 Å². The van der Waals surface area contributed by atoms with Crippen molar-refractivity contribution >= 4 is 27.5 Å². The van der Waals surface area contributed by atoms with Crippen LogP contribution in [0.4, 0.5) is 0 Å². The van der Waals surface area contributed by atoms with Crippen LogP contribution in [0.1, 0.15) is 32.1 Å². The molecule has 116 valence electrons. The van der Waals surface area contributed by atoms with E-state index in [0.717, 1.165) is 51.1 Å². The quantitative estimate of drug-likeness (QED) is 0.549. The summed E-state index contributed by atoms with van der Waals surface area (Å²) in [6.45, 7) is 5.36. The lowest BCUT2D eigenvalue weighted by atomic mass is 10.1. The lowest BCUT2D eigenvalue weighted by molar-refractivity contribution is -0.121. The fourth-order valence-electron chi connectivity index (χ4n) is 2.49. The molecule has 2 aliphatic rings. The van der Waals surface area contributed by atoms with E-state index in [2.05, 4.69) is 10.2 Å². The molecule has 2 heterocycles. The first-order valence-electron chi connectivity index (χ1n) is 7.69. The van der Waals surface area contributed by atoms with Crippen molar-refractivity contribution in [2.24, 2.45) is 0 Å². The first-order chi connectivity index (χ1) is 9.84. The Hall–Kier alpha value is 0.0900. The summed E-state index contributed by atoms with van der Waals surface area (Å²) >= 11 is 0. The molecule has 2 fully saturated rings. The molecular weight excluding hydrogens is 292 g/mol. The van der Waals surface area contributed by atoms with E-state index < -0.39 is 0 Å². The van der Waals surface area contributed by atoms with E-state index in [-0.39, 0.29) is 5.91 Å². The van der Waals surface area contributed by atoms with Crippen LogP contribution in [0.3, 0.4) is 0 Å². The number of carbonyl (C=O) groups is 1. The standard InChI is InChI=1S/C14H26N2O2S2/c17-14(4-2-1-3-13-5-12-19-20-13)15-6-7-16-8-10-18-11-9-16/h13H,1-12H2,(H,15,17)/t13-/m0/s1. The van der Waals surface area contributed by atoms with Crippen molar-refractivity contribution in [3.8, 4) is 0 Å². The molecular formula is C14H26N2O2S2. The lowest BCUT2D eigenvalue weighted by Gasteiger charge is -2.26. The van der Waals surface area contributed by atoms with Gasteiger partial charge in [0, 0.05) is 43.6 Å². The number of hydrogen-bond donors (Lipinski definition) is 1. The van der Waals surface area contributed by atoms with Crippen molar-refractivity contribution in [1.29, 1.82) is 0 Å². The van der Waals surface area contributed by atoms with E-state index in [4.69, 9.17) is 4.74 Å². The number of rotatable bonds is 8. The molecule has 1 amide bonds. The largest absolute Gasteiger partial charge is 0.379 e. The third-order valence-electron chi connectivity index (χ3n) is 3.76. The molecule has 0 aliphatic carbocycles. The Kier molecular flexibility index (Phi) is 8.17. The first-order valence-corrected chi connectivity index (χ1v) is 10.1. The molecule has 1 atom stereocenters. The van der Waals surface area contributed by atoms with Crippen LogP contribution in [-0.2, 0) is 9.53 Å². The second-order valence-corrected chi connectivity index (χ2v) is 8.17. The summed E-state index contributed by atoms with van der Waals surface area (Å²) in [4.78, 5) is 14.1. The minimum absolute atomic E-state index is 0.215. The van der Waals surface area contributed by atoms with Gasteiger partial charge < -0.3 is 10.1 Å². The summed E-state index contributed by atoms with van der Waals surface area (Å²) in [6, 6.07) is 0. The van der Waals surface area contributed by atoms with Gasteiger partial charge in [0.25, 0.3) is 0 Å². The normalized spacial score (nSPS) is 23.9. The predicted octanol–water partition coefficient (Wildman–Crippen LogP) is 2.15. The molecule has 2 aliphatic heterocycles. The molecule has 2 saturated heterocycles. The molecule has 0 unspecified atom stereocenters. The molecule has 0 bridgehead atoms. The maximum Gasteiger partial charge on any atom is 0.220 e. The fraction of sp³-hybridized carbons (Fsp3) is 0.929. The molecule has 0 aromatic rings. The summed E-state index contributed by atoms with van der Waals surface area (Å²) in [5, 5.41) is 3.87. The highest BCUT2D eigenvalue weighted by Gasteiger charge is 2.16. The summed E-state index contributed by atoms with van der Waals surface area (Å²) in [5.41, 5.74) is 0. The topological polar surface area (TPSA) is 41.6 Å². The van der Waals surface area contributed by atoms with Crippen molar-refractivity contribution in [2.75, 3.05) is 45.1 Å². The molecule has 0 radical (unpaired) electrons. The number of hydrogen-bond acceptors (Lipinski definition) is 5. The molecule has 2 rings (SSSR count). The maximum absolute atomic E-state index is 11.7. The zero-order valence-electron chi connectivity index (χ0n) is 12.1. The highest BCUT2D eigenvalue weighted by Crippen LogP contribution is 2.39. The zero-order chi connectivity index (χ0) is 14.0. The van der Waals surface area contributed by atoms with Crippen LogP contribution in [0.25, 0.3) is 0 Å². The second kappa shape index (κ2) is 9.92. The van der Waals surface area contributed by atoms with Crippen molar-refractivity contribution in [3.05, 3.63) is 0 Å². The van der Waals surface area contributed by atoms with Gasteiger partial charge in [0.1, 0.15) is 0 Å². The Morgan fingerprint density at radius 3 is 2.90 bits per heavy atom. The molecule has 4 nitrogen and oxygen atoms in total. The van der Waals surface area contributed by atoms with Crippen LogP contribution in [0.2, 0.25) is 0 Å². The highest BCUT2D eigenvalue weighted by atomic mass is 33.1. The van der Waals surface area contributed by atoms with Crippen LogP contribution < -0.4 is 5.32 Å². The van der Waals surface area contributed by atoms with E-state index >= 15 is 0 Å². The van der Waals surface area contributed by atoms with Gasteiger partial charge in [-0.1, -0.05) is 28.0 Å². The predicted molar refractivity (Wildman–Crippen MR) is 87.2 cm³/mol. The van der Waals surface area contributed by atoms with Gasteiger partial charge in [-0.25, -0.2) is 0 Å². The number of nitrogens with one attached hydrogen (secondary N) is 1. The van der Waals surface area contributed by atoms with Gasteiger partial charge in [-0.2, -0.15) is 0 Å². The van der Waals surface area contributed by atoms with Gasteiger partial charge in [0.05, 0.1) is 13.2 Å². The minimum atomic E-state index is 0.215. The molecule has 0 saturated carbocycles. The van der Waals surface area contributed by atoms with Gasteiger partial charge in [-0.05, 0) is 19.3 Å². The van der Waals surface area contributed by atoms with Crippen molar-refractivity contribution in [2.45, 2.75) is 37.4 Å². The summed E-state index contributed by atoms with van der Waals surface area (Å²) in [5.74, 6) is 1.52. The Morgan fingerprint density at radius 1 is 1.30 bits per heavy atom. The van der Waals surface area contributed by atoms with Crippen molar-refractivity contribution in [3.63, 3.8) is 0 Å². The highest BCUT2D eigenvalue weighted by molar-refractivity contribution is 8.77. The average molecular weight is 319 g/mol. The number of amides is 1. The van der Waals surface area contributed by atoms with Gasteiger partial charge in [0.2, 0.25) is 5.91 Å². The van der Waals surface area contributed by atoms with Crippen LogP contribution in [0, 0.1) is 0 Å². The Balaban J connectivity index is 1.41. The fourth-order valence-corrected chi connectivity index (χ4v) is 5.52. The number of ether oxygens (including phenoxy) is 1. The molecule has 0 aromatic heterocycles. The minimum Gasteiger partial charge on any atom is -0.379 e. The van der Waals surface area contributed by atoms with E-state index in [1.54, 1.807) is 0 Å².